The first-order valence-electron chi connectivity index (χ1n) is 10.3. The molecule has 0 saturated carbocycles. The molecule has 2 aromatic carbocycles. The predicted octanol–water partition coefficient (Wildman–Crippen LogP) is 4.61. The fourth-order valence-electron chi connectivity index (χ4n) is 2.46. The first-order chi connectivity index (χ1) is 14.7. The van der Waals surface area contributed by atoms with Crippen molar-refractivity contribution in [2.75, 3.05) is 26.4 Å². The normalized spacial score (nSPS) is 12.2. The maximum absolute atomic E-state index is 11.7. The van der Waals surface area contributed by atoms with Crippen LogP contribution in [0, 0.1) is 5.41 Å². The van der Waals surface area contributed by atoms with Gasteiger partial charge in [0, 0.05) is 0 Å². The molecule has 0 radical (unpaired) electrons. The number of esters is 1. The van der Waals surface area contributed by atoms with Crippen molar-refractivity contribution in [1.82, 2.24) is 0 Å². The third kappa shape index (κ3) is 8.44. The molecule has 1 N–H and O–H groups in total. The van der Waals surface area contributed by atoms with E-state index in [1.165, 1.54) is 0 Å². The predicted molar refractivity (Wildman–Crippen MR) is 120 cm³/mol. The Morgan fingerprint density at radius 2 is 1.32 bits per heavy atom. The van der Waals surface area contributed by atoms with E-state index in [9.17, 15) is 9.90 Å². The van der Waals surface area contributed by atoms with Crippen molar-refractivity contribution in [1.29, 1.82) is 0 Å². The Labute approximate surface area is 184 Å². The van der Waals surface area contributed by atoms with E-state index in [2.05, 4.69) is 6.58 Å². The molecule has 168 valence electrons. The van der Waals surface area contributed by atoms with Crippen molar-refractivity contribution in [3.63, 3.8) is 0 Å². The first-order valence-corrected chi connectivity index (χ1v) is 10.3. The summed E-state index contributed by atoms with van der Waals surface area (Å²) in [6.45, 7) is 11.9. The lowest BCUT2D eigenvalue weighted by Crippen LogP contribution is -2.24. The van der Waals surface area contributed by atoms with Crippen LogP contribution in [0.2, 0.25) is 0 Å². The Kier molecular flexibility index (Phi) is 9.09. The van der Waals surface area contributed by atoms with E-state index in [0.717, 1.165) is 16.9 Å². The molecular formula is C25H32O6. The Morgan fingerprint density at radius 1 is 0.871 bits per heavy atom. The van der Waals surface area contributed by atoms with Crippen LogP contribution in [-0.4, -0.2) is 43.8 Å². The Morgan fingerprint density at radius 3 is 1.74 bits per heavy atom. The number of hydrogen-bond donors (Lipinski definition) is 1. The molecule has 0 aliphatic carbocycles. The number of aliphatic hydroxyl groups excluding tert-OH is 1. The third-order valence-corrected chi connectivity index (χ3v) is 4.29. The third-order valence-electron chi connectivity index (χ3n) is 4.29. The van der Waals surface area contributed by atoms with Crippen molar-refractivity contribution in [3.05, 3.63) is 60.7 Å². The molecule has 2 aromatic rings. The van der Waals surface area contributed by atoms with Gasteiger partial charge < -0.3 is 24.1 Å². The molecule has 2 rings (SSSR count). The van der Waals surface area contributed by atoms with E-state index in [0.29, 0.717) is 24.5 Å². The van der Waals surface area contributed by atoms with E-state index >= 15 is 0 Å². The van der Waals surface area contributed by atoms with Gasteiger partial charge in [0.25, 0.3) is 0 Å². The molecule has 0 fully saturated rings. The molecule has 0 aliphatic rings. The van der Waals surface area contributed by atoms with Crippen LogP contribution in [0.1, 0.15) is 27.7 Å². The van der Waals surface area contributed by atoms with Gasteiger partial charge in [-0.05, 0) is 68.7 Å². The van der Waals surface area contributed by atoms with Crippen molar-refractivity contribution >= 4 is 5.97 Å². The number of rotatable bonds is 11. The zero-order valence-corrected chi connectivity index (χ0v) is 18.7. The van der Waals surface area contributed by atoms with E-state index in [4.69, 9.17) is 18.9 Å². The smallest absolute Gasteiger partial charge is 0.311 e. The standard InChI is InChI=1S/C25H32O6/c1-18(2)23(26)30-16-14-28-21-10-6-19(7-11-21)20-8-12-22(13-9-20)29-15-17-31-24(27)25(3,4)5/h6-13,23,26H,1,14-17H2,2-5H3. The van der Waals surface area contributed by atoms with Crippen molar-refractivity contribution < 1.29 is 28.8 Å². The van der Waals surface area contributed by atoms with Crippen LogP contribution >= 0.6 is 0 Å². The molecule has 6 heteroatoms. The largest absolute Gasteiger partial charge is 0.491 e. The number of hydrogen-bond acceptors (Lipinski definition) is 6. The zero-order chi connectivity index (χ0) is 22.9. The van der Waals surface area contributed by atoms with Gasteiger partial charge in [-0.3, -0.25) is 4.79 Å². The molecule has 31 heavy (non-hydrogen) atoms. The molecule has 0 amide bonds. The number of benzene rings is 2. The SMILES string of the molecule is C=C(C)C(O)OCCOc1ccc(-c2ccc(OCCOC(=O)C(C)(C)C)cc2)cc1. The highest BCUT2D eigenvalue weighted by Crippen LogP contribution is 2.25. The molecule has 0 heterocycles. The minimum absolute atomic E-state index is 0.219. The monoisotopic (exact) mass is 428 g/mol. The van der Waals surface area contributed by atoms with Crippen molar-refractivity contribution in [2.45, 2.75) is 34.0 Å². The quantitative estimate of drug-likeness (QED) is 0.244. The lowest BCUT2D eigenvalue weighted by Gasteiger charge is -2.16. The average molecular weight is 429 g/mol. The molecule has 6 nitrogen and oxygen atoms in total. The number of carbonyl (C=O) groups excluding carboxylic acids is 1. The summed E-state index contributed by atoms with van der Waals surface area (Å²) in [5.41, 5.74) is 2.14. The lowest BCUT2D eigenvalue weighted by atomic mass is 9.97. The summed E-state index contributed by atoms with van der Waals surface area (Å²) < 4.78 is 21.6. The second-order valence-corrected chi connectivity index (χ2v) is 8.20. The van der Waals surface area contributed by atoms with Gasteiger partial charge in [0.05, 0.1) is 12.0 Å². The van der Waals surface area contributed by atoms with E-state index in [1.807, 2.05) is 69.3 Å². The van der Waals surface area contributed by atoms with Gasteiger partial charge in [-0.25, -0.2) is 0 Å². The van der Waals surface area contributed by atoms with Gasteiger partial charge in [-0.15, -0.1) is 0 Å². The van der Waals surface area contributed by atoms with Crippen LogP contribution in [-0.2, 0) is 14.3 Å². The highest BCUT2D eigenvalue weighted by Gasteiger charge is 2.22. The lowest BCUT2D eigenvalue weighted by molar-refractivity contribution is -0.153. The summed E-state index contributed by atoms with van der Waals surface area (Å²) in [7, 11) is 0. The van der Waals surface area contributed by atoms with Gasteiger partial charge in [-0.1, -0.05) is 30.8 Å². The molecule has 0 aliphatic heterocycles. The second-order valence-electron chi connectivity index (χ2n) is 8.20. The molecule has 1 atom stereocenters. The fourth-order valence-corrected chi connectivity index (χ4v) is 2.46. The zero-order valence-electron chi connectivity index (χ0n) is 18.7. The topological polar surface area (TPSA) is 74.2 Å². The van der Waals surface area contributed by atoms with Gasteiger partial charge >= 0.3 is 5.97 Å². The minimum Gasteiger partial charge on any atom is -0.491 e. The first kappa shape index (κ1) is 24.4. The van der Waals surface area contributed by atoms with Crippen LogP contribution in [0.15, 0.2) is 60.7 Å². The van der Waals surface area contributed by atoms with E-state index in [-0.39, 0.29) is 19.2 Å². The van der Waals surface area contributed by atoms with Crippen molar-refractivity contribution in [2.24, 2.45) is 5.41 Å². The Hall–Kier alpha value is -2.83. The maximum atomic E-state index is 11.7. The van der Waals surface area contributed by atoms with Gasteiger partial charge in [0.15, 0.2) is 6.29 Å². The fraction of sp³-hybridized carbons (Fsp3) is 0.400. The highest BCUT2D eigenvalue weighted by atomic mass is 16.6. The van der Waals surface area contributed by atoms with Crippen molar-refractivity contribution in [3.8, 4) is 22.6 Å². The van der Waals surface area contributed by atoms with Gasteiger partial charge in [0.1, 0.15) is 31.3 Å². The second kappa shape index (κ2) is 11.5. The number of ether oxygens (including phenoxy) is 4. The molecule has 0 aromatic heterocycles. The molecular weight excluding hydrogens is 396 g/mol. The number of aliphatic hydroxyl groups is 1. The summed E-state index contributed by atoms with van der Waals surface area (Å²) >= 11 is 0. The van der Waals surface area contributed by atoms with Crippen LogP contribution in [0.3, 0.4) is 0 Å². The minimum atomic E-state index is -0.962. The van der Waals surface area contributed by atoms with Crippen LogP contribution < -0.4 is 9.47 Å². The average Bonchev–Trinajstić information content (AvgIpc) is 2.74. The van der Waals surface area contributed by atoms with Crippen LogP contribution in [0.4, 0.5) is 0 Å². The molecule has 0 bridgehead atoms. The summed E-state index contributed by atoms with van der Waals surface area (Å²) in [5.74, 6) is 1.20. The maximum Gasteiger partial charge on any atom is 0.311 e. The summed E-state index contributed by atoms with van der Waals surface area (Å²) in [5, 5.41) is 9.51. The summed E-state index contributed by atoms with van der Waals surface area (Å²) in [6.07, 6.45) is -0.962. The highest BCUT2D eigenvalue weighted by molar-refractivity contribution is 5.75. The van der Waals surface area contributed by atoms with Crippen LogP contribution in [0.25, 0.3) is 11.1 Å². The van der Waals surface area contributed by atoms with E-state index in [1.54, 1.807) is 6.92 Å². The summed E-state index contributed by atoms with van der Waals surface area (Å²) in [4.78, 5) is 11.7. The molecule has 0 saturated heterocycles. The Bertz CT molecular complexity index is 834. The Balaban J connectivity index is 1.77. The number of carbonyl (C=O) groups is 1. The summed E-state index contributed by atoms with van der Waals surface area (Å²) in [6, 6.07) is 15.4. The molecule has 0 spiro atoms. The van der Waals surface area contributed by atoms with Gasteiger partial charge in [0.2, 0.25) is 0 Å². The van der Waals surface area contributed by atoms with E-state index < -0.39 is 11.7 Å². The molecule has 1 unspecified atom stereocenters. The van der Waals surface area contributed by atoms with Crippen LogP contribution in [0.5, 0.6) is 11.5 Å². The van der Waals surface area contributed by atoms with Gasteiger partial charge in [-0.2, -0.15) is 0 Å².